The number of anilines is 1. The van der Waals surface area contributed by atoms with E-state index < -0.39 is 28.8 Å². The summed E-state index contributed by atoms with van der Waals surface area (Å²) < 4.78 is 0. The molecule has 0 radical (unpaired) electrons. The van der Waals surface area contributed by atoms with Gasteiger partial charge in [0.1, 0.15) is 6.04 Å². The highest BCUT2D eigenvalue weighted by molar-refractivity contribution is 8.01. The maximum absolute atomic E-state index is 14.0. The van der Waals surface area contributed by atoms with Crippen LogP contribution in [-0.2, 0) is 21.0 Å². The minimum Gasteiger partial charge on any atom is -0.284 e. The summed E-state index contributed by atoms with van der Waals surface area (Å²) in [6, 6.07) is 21.1. The number of carbonyl (C=O) groups is 4. The predicted octanol–water partition coefficient (Wildman–Crippen LogP) is 4.26. The Kier molecular flexibility index (Phi) is 4.98. The predicted molar refractivity (Wildman–Crippen MR) is 132 cm³/mol. The van der Waals surface area contributed by atoms with E-state index in [4.69, 9.17) is 11.6 Å². The van der Waals surface area contributed by atoms with Crippen LogP contribution in [0.1, 0.15) is 21.5 Å². The smallest absolute Gasteiger partial charge is 0.284 e. The lowest BCUT2D eigenvalue weighted by atomic mass is 10.1. The summed E-state index contributed by atoms with van der Waals surface area (Å²) in [4.78, 5) is 56.6. The summed E-state index contributed by atoms with van der Waals surface area (Å²) in [6.45, 7) is 0.0745. The highest BCUT2D eigenvalue weighted by Crippen LogP contribution is 2.57. The summed E-state index contributed by atoms with van der Waals surface area (Å²) >= 11 is 7.19. The Bertz CT molecular complexity index is 1400. The van der Waals surface area contributed by atoms with Crippen LogP contribution in [-0.4, -0.2) is 45.3 Å². The fourth-order valence-electron chi connectivity index (χ4n) is 4.95. The van der Waals surface area contributed by atoms with E-state index in [1.165, 1.54) is 21.6 Å². The number of thioether (sulfide) groups is 1. The van der Waals surface area contributed by atoms with Crippen LogP contribution in [0.2, 0.25) is 5.02 Å². The van der Waals surface area contributed by atoms with Crippen LogP contribution in [0.5, 0.6) is 0 Å². The Morgan fingerprint density at radius 2 is 1.63 bits per heavy atom. The van der Waals surface area contributed by atoms with Crippen LogP contribution in [0, 0.1) is 0 Å². The largest absolute Gasteiger partial charge is 0.329 e. The second-order valence-electron chi connectivity index (χ2n) is 8.50. The van der Waals surface area contributed by atoms with Crippen molar-refractivity contribution in [1.29, 1.82) is 0 Å². The maximum Gasteiger partial charge on any atom is 0.329 e. The van der Waals surface area contributed by atoms with E-state index in [1.54, 1.807) is 78.9 Å². The number of rotatable bonds is 3. The molecule has 7 nitrogen and oxygen atoms in total. The minimum absolute atomic E-state index is 0.0745. The van der Waals surface area contributed by atoms with Crippen LogP contribution in [0.3, 0.4) is 0 Å². The van der Waals surface area contributed by atoms with Crippen LogP contribution in [0.4, 0.5) is 10.5 Å². The van der Waals surface area contributed by atoms with Crippen molar-refractivity contribution in [2.24, 2.45) is 0 Å². The molecule has 2 atom stereocenters. The van der Waals surface area contributed by atoms with Crippen molar-refractivity contribution < 1.29 is 19.2 Å². The summed E-state index contributed by atoms with van der Waals surface area (Å²) in [5.41, 5.74) is 2.07. The van der Waals surface area contributed by atoms with Crippen molar-refractivity contribution >= 4 is 52.8 Å². The fraction of sp³-hybridized carbons (Fsp3) is 0.154. The zero-order valence-electron chi connectivity index (χ0n) is 18.3. The van der Waals surface area contributed by atoms with Crippen LogP contribution in [0.15, 0.2) is 78.9 Å². The summed E-state index contributed by atoms with van der Waals surface area (Å²) in [7, 11) is 0. The Morgan fingerprint density at radius 1 is 0.943 bits per heavy atom. The van der Waals surface area contributed by atoms with E-state index >= 15 is 0 Å². The molecule has 0 aromatic heterocycles. The van der Waals surface area contributed by atoms with E-state index in [1.807, 2.05) is 0 Å². The van der Waals surface area contributed by atoms with E-state index in [0.29, 0.717) is 21.8 Å². The first-order chi connectivity index (χ1) is 16.9. The van der Waals surface area contributed by atoms with E-state index in [9.17, 15) is 19.2 Å². The third-order valence-corrected chi connectivity index (χ3v) is 8.31. The molecule has 9 heteroatoms. The molecule has 3 aromatic carbocycles. The molecule has 6 rings (SSSR count). The van der Waals surface area contributed by atoms with Gasteiger partial charge in [0.25, 0.3) is 17.7 Å². The molecule has 3 aliphatic heterocycles. The van der Waals surface area contributed by atoms with Gasteiger partial charge in [-0.15, -0.1) is 11.8 Å². The fourth-order valence-corrected chi connectivity index (χ4v) is 6.65. The van der Waals surface area contributed by atoms with Crippen molar-refractivity contribution in [3.8, 4) is 0 Å². The zero-order valence-corrected chi connectivity index (χ0v) is 19.8. The Balaban J connectivity index is 1.41. The maximum atomic E-state index is 14.0. The van der Waals surface area contributed by atoms with Gasteiger partial charge in [0.15, 0.2) is 4.87 Å². The average Bonchev–Trinajstić information content (AvgIpc) is 3.47. The molecule has 0 N–H and O–H groups in total. The minimum atomic E-state index is -1.48. The highest BCUT2D eigenvalue weighted by atomic mass is 35.5. The number of benzene rings is 3. The number of hydrogen-bond donors (Lipinski definition) is 0. The summed E-state index contributed by atoms with van der Waals surface area (Å²) in [5, 5.41) is 0.556. The zero-order chi connectivity index (χ0) is 24.3. The van der Waals surface area contributed by atoms with Gasteiger partial charge in [-0.2, -0.15) is 0 Å². The number of urea groups is 1. The average molecular weight is 504 g/mol. The molecule has 2 saturated heterocycles. The topological polar surface area (TPSA) is 78.0 Å². The van der Waals surface area contributed by atoms with Crippen molar-refractivity contribution in [2.45, 2.75) is 17.5 Å². The SMILES string of the molecule is O=C1[C@@H]2CS[C@]3(C(=O)N(C(=O)c4ccccc4)c4ccccc43)N2C(=O)N1Cc1ccc(Cl)cc1. The third-order valence-electron chi connectivity index (χ3n) is 6.57. The van der Waals surface area contributed by atoms with Gasteiger partial charge in [-0.3, -0.25) is 24.2 Å². The number of para-hydroxylation sites is 1. The lowest BCUT2D eigenvalue weighted by Gasteiger charge is -2.31. The number of amides is 5. The third kappa shape index (κ3) is 3.06. The molecule has 3 aromatic rings. The van der Waals surface area contributed by atoms with Crippen LogP contribution < -0.4 is 4.90 Å². The van der Waals surface area contributed by atoms with Gasteiger partial charge in [0.2, 0.25) is 0 Å². The molecular formula is C26H18ClN3O4S. The Hall–Kier alpha value is -3.62. The summed E-state index contributed by atoms with van der Waals surface area (Å²) in [5.74, 6) is -1.10. The van der Waals surface area contributed by atoms with Gasteiger partial charge in [0.05, 0.1) is 12.2 Å². The first-order valence-electron chi connectivity index (χ1n) is 11.0. The Morgan fingerprint density at radius 3 is 2.37 bits per heavy atom. The monoisotopic (exact) mass is 503 g/mol. The van der Waals surface area contributed by atoms with Gasteiger partial charge < -0.3 is 0 Å². The number of imide groups is 2. The molecule has 35 heavy (non-hydrogen) atoms. The summed E-state index contributed by atoms with van der Waals surface area (Å²) in [6.07, 6.45) is 0. The first kappa shape index (κ1) is 21.9. The van der Waals surface area contributed by atoms with Crippen molar-refractivity contribution in [3.05, 3.63) is 101 Å². The Labute approximate surface area is 210 Å². The van der Waals surface area contributed by atoms with Gasteiger partial charge >= 0.3 is 6.03 Å². The highest BCUT2D eigenvalue weighted by Gasteiger charge is 2.68. The number of nitrogens with zero attached hydrogens (tertiary/aromatic N) is 3. The number of fused-ring (bicyclic) bond motifs is 4. The molecule has 2 fully saturated rings. The van der Waals surface area contributed by atoms with E-state index in [-0.39, 0.29) is 18.2 Å². The molecule has 1 spiro atoms. The molecule has 5 amide bonds. The van der Waals surface area contributed by atoms with Gasteiger partial charge in [-0.05, 0) is 35.9 Å². The number of carbonyl (C=O) groups excluding carboxylic acids is 4. The van der Waals surface area contributed by atoms with Crippen molar-refractivity contribution in [3.63, 3.8) is 0 Å². The lowest BCUT2D eigenvalue weighted by molar-refractivity contribution is -0.128. The number of halogens is 1. The second kappa shape index (κ2) is 7.96. The van der Waals surface area contributed by atoms with Gasteiger partial charge in [-0.1, -0.05) is 60.1 Å². The molecule has 3 aliphatic rings. The van der Waals surface area contributed by atoms with E-state index in [0.717, 1.165) is 10.5 Å². The molecule has 0 saturated carbocycles. The molecule has 174 valence electrons. The van der Waals surface area contributed by atoms with Gasteiger partial charge in [0, 0.05) is 21.9 Å². The molecular weight excluding hydrogens is 486 g/mol. The standard InChI is InChI=1S/C26H18ClN3O4S/c27-18-12-10-16(11-13-18)14-28-23(32)21-15-35-26(30(21)25(28)34)19-8-4-5-9-20(19)29(24(26)33)22(31)17-6-2-1-3-7-17/h1-13,21H,14-15H2/t21-,26+/m0/s1. The molecule has 0 bridgehead atoms. The molecule has 3 heterocycles. The quantitative estimate of drug-likeness (QED) is 0.394. The molecule has 0 aliphatic carbocycles. The van der Waals surface area contributed by atoms with Crippen molar-refractivity contribution in [1.82, 2.24) is 9.80 Å². The lowest BCUT2D eigenvalue weighted by Crippen LogP contribution is -2.52. The number of hydrogen-bond acceptors (Lipinski definition) is 5. The van der Waals surface area contributed by atoms with Crippen LogP contribution >= 0.6 is 23.4 Å². The van der Waals surface area contributed by atoms with Crippen molar-refractivity contribution in [2.75, 3.05) is 10.7 Å². The molecule has 0 unspecified atom stereocenters. The normalized spacial score (nSPS) is 22.8. The van der Waals surface area contributed by atoms with E-state index in [2.05, 4.69) is 0 Å². The van der Waals surface area contributed by atoms with Gasteiger partial charge in [-0.25, -0.2) is 9.69 Å². The second-order valence-corrected chi connectivity index (χ2v) is 10.2. The first-order valence-corrected chi connectivity index (χ1v) is 12.4. The van der Waals surface area contributed by atoms with Crippen LogP contribution in [0.25, 0.3) is 0 Å².